The minimum absolute atomic E-state index is 0.0694. The number of fused-ring (bicyclic) bond motifs is 1. The third-order valence-corrected chi connectivity index (χ3v) is 8.99. The third kappa shape index (κ3) is 6.99. The molecule has 7 nitrogen and oxygen atoms in total. The molecular weight excluding hydrogens is 569 g/mol. The van der Waals surface area contributed by atoms with Crippen LogP contribution in [0.25, 0.3) is 0 Å². The zero-order valence-corrected chi connectivity index (χ0v) is 24.2. The van der Waals surface area contributed by atoms with Crippen LogP contribution in [0, 0.1) is 0 Å². The summed E-state index contributed by atoms with van der Waals surface area (Å²) in [5, 5.41) is 5.38. The Bertz CT molecular complexity index is 1420. The fraction of sp³-hybridized carbons (Fsp3) is 0.259. The number of anilines is 1. The summed E-state index contributed by atoms with van der Waals surface area (Å²) in [5.41, 5.74) is 2.30. The van der Waals surface area contributed by atoms with E-state index in [4.69, 9.17) is 34.8 Å². The predicted octanol–water partition coefficient (Wildman–Crippen LogP) is 6.64. The van der Waals surface area contributed by atoms with E-state index >= 15 is 0 Å². The van der Waals surface area contributed by atoms with Crippen LogP contribution in [0.15, 0.2) is 65.6 Å². The van der Waals surface area contributed by atoms with E-state index in [9.17, 15) is 18.0 Å². The van der Waals surface area contributed by atoms with Crippen molar-refractivity contribution in [3.05, 3.63) is 92.4 Å². The predicted molar refractivity (Wildman–Crippen MR) is 153 cm³/mol. The number of hydrogen-bond donors (Lipinski definition) is 2. The van der Waals surface area contributed by atoms with E-state index in [-0.39, 0.29) is 26.5 Å². The molecule has 0 saturated carbocycles. The molecule has 3 aromatic rings. The van der Waals surface area contributed by atoms with Crippen molar-refractivity contribution in [3.63, 3.8) is 0 Å². The summed E-state index contributed by atoms with van der Waals surface area (Å²) in [7, 11) is 1.34. The van der Waals surface area contributed by atoms with Gasteiger partial charge in [0.15, 0.2) is 9.84 Å². The molecule has 0 bridgehead atoms. The number of aryl methyl sites for hydroxylation is 1. The van der Waals surface area contributed by atoms with Crippen LogP contribution in [-0.4, -0.2) is 46.4 Å². The van der Waals surface area contributed by atoms with Crippen LogP contribution in [0.3, 0.4) is 0 Å². The molecule has 0 aliphatic heterocycles. The number of carbonyl (C=O) groups is 2. The van der Waals surface area contributed by atoms with E-state index in [2.05, 4.69) is 10.6 Å². The Labute approximate surface area is 238 Å². The van der Waals surface area contributed by atoms with Crippen molar-refractivity contribution in [2.75, 3.05) is 26.5 Å². The summed E-state index contributed by atoms with van der Waals surface area (Å²) in [6.45, 7) is 0. The van der Waals surface area contributed by atoms with Gasteiger partial charge in [-0.3, -0.25) is 4.79 Å². The van der Waals surface area contributed by atoms with E-state index in [0.29, 0.717) is 22.7 Å². The van der Waals surface area contributed by atoms with Gasteiger partial charge >= 0.3 is 6.03 Å². The Morgan fingerprint density at radius 2 is 1.61 bits per heavy atom. The van der Waals surface area contributed by atoms with Crippen molar-refractivity contribution in [1.82, 2.24) is 10.2 Å². The monoisotopic (exact) mass is 595 g/mol. The first-order chi connectivity index (χ1) is 17.9. The van der Waals surface area contributed by atoms with Crippen LogP contribution in [0.1, 0.15) is 39.6 Å². The number of sulfone groups is 1. The second kappa shape index (κ2) is 12.8. The van der Waals surface area contributed by atoms with E-state index < -0.39 is 21.0 Å². The van der Waals surface area contributed by atoms with Gasteiger partial charge in [0.25, 0.3) is 5.91 Å². The van der Waals surface area contributed by atoms with Gasteiger partial charge in [-0.25, -0.2) is 13.2 Å². The summed E-state index contributed by atoms with van der Waals surface area (Å²) in [6, 6.07) is 16.4. The smallest absolute Gasteiger partial charge is 0.316 e. The minimum atomic E-state index is -3.65. The minimum Gasteiger partial charge on any atom is -0.341 e. The number of benzene rings is 3. The molecule has 1 aliphatic carbocycles. The number of rotatable bonds is 4. The van der Waals surface area contributed by atoms with E-state index in [1.54, 1.807) is 69.7 Å². The Balaban J connectivity index is 0.000000505. The molecular formula is C27H28Cl3N3O4S. The topological polar surface area (TPSA) is 95.6 Å². The summed E-state index contributed by atoms with van der Waals surface area (Å²) in [6.07, 6.45) is 2.04. The molecule has 0 radical (unpaired) electrons. The van der Waals surface area contributed by atoms with Gasteiger partial charge in [-0.2, -0.15) is 0 Å². The molecule has 0 aromatic heterocycles. The molecule has 0 fully saturated rings. The zero-order valence-electron chi connectivity index (χ0n) is 21.1. The average Bonchev–Trinajstić information content (AvgIpc) is 2.88. The molecule has 2 N–H and O–H groups in total. The molecule has 1 aliphatic rings. The maximum atomic E-state index is 13.4. The second-order valence-corrected chi connectivity index (χ2v) is 12.2. The normalized spacial score (nSPS) is 14.4. The summed E-state index contributed by atoms with van der Waals surface area (Å²) in [5.74, 6) is -0.458. The van der Waals surface area contributed by atoms with Gasteiger partial charge in [-0.05, 0) is 72.9 Å². The van der Waals surface area contributed by atoms with Crippen LogP contribution in [0.4, 0.5) is 10.5 Å². The third-order valence-electron chi connectivity index (χ3n) is 5.97. The molecule has 0 spiro atoms. The average molecular weight is 597 g/mol. The molecule has 4 rings (SSSR count). The lowest BCUT2D eigenvalue weighted by Crippen LogP contribution is -2.31. The first-order valence-electron chi connectivity index (χ1n) is 11.7. The first-order valence-corrected chi connectivity index (χ1v) is 14.4. The van der Waals surface area contributed by atoms with Crippen LogP contribution in [-0.2, 0) is 16.3 Å². The molecule has 1 atom stereocenters. The van der Waals surface area contributed by atoms with Crippen LogP contribution < -0.4 is 10.6 Å². The van der Waals surface area contributed by atoms with Crippen LogP contribution in [0.5, 0.6) is 0 Å². The van der Waals surface area contributed by atoms with Gasteiger partial charge in [-0.1, -0.05) is 53.0 Å². The number of hydrogen-bond acceptors (Lipinski definition) is 4. The van der Waals surface area contributed by atoms with Crippen LogP contribution in [0.2, 0.25) is 15.1 Å². The lowest BCUT2D eigenvalue weighted by Gasteiger charge is -2.26. The van der Waals surface area contributed by atoms with Gasteiger partial charge in [0.05, 0.1) is 25.8 Å². The lowest BCUT2D eigenvalue weighted by atomic mass is 9.91. The molecule has 202 valence electrons. The molecule has 11 heteroatoms. The quantitative estimate of drug-likeness (QED) is 0.353. The first kappa shape index (κ1) is 29.8. The molecule has 38 heavy (non-hydrogen) atoms. The van der Waals surface area contributed by atoms with Crippen molar-refractivity contribution in [3.8, 4) is 0 Å². The maximum Gasteiger partial charge on any atom is 0.316 e. The summed E-state index contributed by atoms with van der Waals surface area (Å²) < 4.78 is 26.7. The van der Waals surface area contributed by atoms with Crippen molar-refractivity contribution in [2.24, 2.45) is 0 Å². The van der Waals surface area contributed by atoms with Crippen molar-refractivity contribution >= 4 is 62.3 Å². The molecule has 3 amide bonds. The van der Waals surface area contributed by atoms with Gasteiger partial charge in [0.1, 0.15) is 0 Å². The van der Waals surface area contributed by atoms with Crippen molar-refractivity contribution in [1.29, 1.82) is 0 Å². The SMILES string of the molecule is CNC(=O)N(C)C.O=C(Nc1ccc2c(c1)C(S(=O)(=O)c1cccc(Cl)c1)CCC2)c1c(Cl)cccc1Cl. The number of nitrogens with zero attached hydrogens (tertiary/aromatic N) is 1. The zero-order chi connectivity index (χ0) is 28.0. The highest BCUT2D eigenvalue weighted by molar-refractivity contribution is 7.91. The highest BCUT2D eigenvalue weighted by atomic mass is 35.5. The molecule has 3 aromatic carbocycles. The number of amides is 3. The second-order valence-electron chi connectivity index (χ2n) is 8.80. The van der Waals surface area contributed by atoms with Gasteiger partial charge in [0, 0.05) is 31.9 Å². The summed E-state index contributed by atoms with van der Waals surface area (Å²) in [4.78, 5) is 24.7. The standard InChI is InChI=1S/C23H18Cl3NO3S.C4H10N2O/c24-15-5-2-6-17(12-15)31(29,30)21-9-1-4-14-10-11-16(13-18(14)21)27-23(28)22-19(25)7-3-8-20(22)26;1-5-4(7)6(2)3/h2-3,5-8,10-13,21H,1,4,9H2,(H,27,28);1-3H3,(H,5,7). The van der Waals surface area contributed by atoms with Gasteiger partial charge < -0.3 is 15.5 Å². The van der Waals surface area contributed by atoms with E-state index in [1.165, 1.54) is 11.0 Å². The number of urea groups is 1. The maximum absolute atomic E-state index is 13.4. The molecule has 0 saturated heterocycles. The number of nitrogens with one attached hydrogen (secondary N) is 2. The Morgan fingerprint density at radius 3 is 2.18 bits per heavy atom. The Morgan fingerprint density at radius 1 is 0.947 bits per heavy atom. The number of halogens is 3. The van der Waals surface area contributed by atoms with Crippen LogP contribution >= 0.6 is 34.8 Å². The molecule has 1 unspecified atom stereocenters. The highest BCUT2D eigenvalue weighted by Gasteiger charge is 2.33. The fourth-order valence-electron chi connectivity index (χ4n) is 4.10. The largest absolute Gasteiger partial charge is 0.341 e. The van der Waals surface area contributed by atoms with Gasteiger partial charge in [0.2, 0.25) is 0 Å². The fourth-order valence-corrected chi connectivity index (χ4v) is 6.84. The highest BCUT2D eigenvalue weighted by Crippen LogP contribution is 2.40. The van der Waals surface area contributed by atoms with Gasteiger partial charge in [-0.15, -0.1) is 0 Å². The van der Waals surface area contributed by atoms with Crippen molar-refractivity contribution < 1.29 is 18.0 Å². The Kier molecular flexibility index (Phi) is 10.1. The number of carbonyl (C=O) groups excluding carboxylic acids is 2. The van der Waals surface area contributed by atoms with E-state index in [0.717, 1.165) is 18.4 Å². The Hall–Kier alpha value is -2.78. The van der Waals surface area contributed by atoms with E-state index in [1.807, 2.05) is 6.07 Å². The lowest BCUT2D eigenvalue weighted by molar-refractivity contribution is 0.102. The summed E-state index contributed by atoms with van der Waals surface area (Å²) >= 11 is 18.3. The van der Waals surface area contributed by atoms with Crippen molar-refractivity contribution in [2.45, 2.75) is 29.4 Å². The molecule has 0 heterocycles.